The molecule has 1 aliphatic carbocycles. The van der Waals surface area contributed by atoms with Crippen molar-refractivity contribution in [3.05, 3.63) is 35.9 Å². The van der Waals surface area contributed by atoms with Crippen LogP contribution in [0.25, 0.3) is 0 Å². The molecule has 0 bridgehead atoms. The van der Waals surface area contributed by atoms with Gasteiger partial charge in [0, 0.05) is 6.42 Å². The second-order valence-electron chi connectivity index (χ2n) is 5.09. The minimum absolute atomic E-state index is 0.415. The molecule has 1 aromatic rings. The summed E-state index contributed by atoms with van der Waals surface area (Å²) in [5.41, 5.74) is 0.641. The summed E-state index contributed by atoms with van der Waals surface area (Å²) in [5, 5.41) is 18.6. The van der Waals surface area contributed by atoms with E-state index in [0.29, 0.717) is 18.8 Å². The van der Waals surface area contributed by atoms with Gasteiger partial charge in [0.05, 0.1) is 17.6 Å². The van der Waals surface area contributed by atoms with E-state index in [2.05, 4.69) is 12.1 Å². The molecule has 1 fully saturated rings. The van der Waals surface area contributed by atoms with Gasteiger partial charge in [-0.15, -0.1) is 0 Å². The minimum atomic E-state index is -0.451. The molecule has 18 heavy (non-hydrogen) atoms. The standard InChI is InChI=1S/C16H18N2/c17-12-6-11-16(13-18,15-9-4-5-10-15)14-7-2-1-3-8-14/h1-3,7-8,15H,4-6,9-11H2. The molecule has 2 heteroatoms. The average Bonchev–Trinajstić information content (AvgIpc) is 2.96. The van der Waals surface area contributed by atoms with Gasteiger partial charge in [-0.2, -0.15) is 10.5 Å². The monoisotopic (exact) mass is 238 g/mol. The Balaban J connectivity index is 2.38. The van der Waals surface area contributed by atoms with Crippen molar-refractivity contribution in [2.45, 2.75) is 43.9 Å². The summed E-state index contributed by atoms with van der Waals surface area (Å²) in [5.74, 6) is 0.415. The highest BCUT2D eigenvalue weighted by Crippen LogP contribution is 2.44. The molecule has 1 unspecified atom stereocenters. The van der Waals surface area contributed by atoms with Crippen LogP contribution in [0.5, 0.6) is 0 Å². The van der Waals surface area contributed by atoms with E-state index in [0.717, 1.165) is 18.4 Å². The fourth-order valence-electron chi connectivity index (χ4n) is 3.20. The molecule has 1 aliphatic rings. The van der Waals surface area contributed by atoms with Crippen LogP contribution in [-0.2, 0) is 5.41 Å². The zero-order valence-electron chi connectivity index (χ0n) is 10.6. The van der Waals surface area contributed by atoms with Gasteiger partial charge in [0.15, 0.2) is 0 Å². The predicted molar refractivity (Wildman–Crippen MR) is 70.5 cm³/mol. The molecule has 0 amide bonds. The highest BCUT2D eigenvalue weighted by atomic mass is 14.5. The van der Waals surface area contributed by atoms with Crippen LogP contribution in [0, 0.1) is 28.6 Å². The molecule has 1 saturated carbocycles. The molecule has 0 spiro atoms. The molecule has 0 aliphatic heterocycles. The summed E-state index contributed by atoms with van der Waals surface area (Å²) < 4.78 is 0. The first-order chi connectivity index (χ1) is 8.83. The minimum Gasteiger partial charge on any atom is -0.198 e. The third-order valence-electron chi connectivity index (χ3n) is 4.17. The lowest BCUT2D eigenvalue weighted by molar-refractivity contribution is 0.328. The van der Waals surface area contributed by atoms with E-state index in [-0.39, 0.29) is 0 Å². The van der Waals surface area contributed by atoms with E-state index < -0.39 is 5.41 Å². The smallest absolute Gasteiger partial charge is 0.0860 e. The Bertz CT molecular complexity index is 460. The molecule has 1 atom stereocenters. The van der Waals surface area contributed by atoms with Gasteiger partial charge in [0.2, 0.25) is 0 Å². The SMILES string of the molecule is N#CCCC(C#N)(c1ccccc1)C1CCCC1. The summed E-state index contributed by atoms with van der Waals surface area (Å²) in [4.78, 5) is 0. The summed E-state index contributed by atoms with van der Waals surface area (Å²) in [6, 6.07) is 14.8. The van der Waals surface area contributed by atoms with Crippen LogP contribution in [-0.4, -0.2) is 0 Å². The quantitative estimate of drug-likeness (QED) is 0.797. The summed E-state index contributed by atoms with van der Waals surface area (Å²) in [6.45, 7) is 0. The first kappa shape index (κ1) is 12.7. The predicted octanol–water partition coefficient (Wildman–Crippen LogP) is 3.94. The van der Waals surface area contributed by atoms with Crippen molar-refractivity contribution in [1.82, 2.24) is 0 Å². The van der Waals surface area contributed by atoms with Crippen LogP contribution in [0.2, 0.25) is 0 Å². The summed E-state index contributed by atoms with van der Waals surface area (Å²) >= 11 is 0. The average molecular weight is 238 g/mol. The number of nitrogens with zero attached hydrogens (tertiary/aromatic N) is 2. The first-order valence-electron chi connectivity index (χ1n) is 6.67. The van der Waals surface area contributed by atoms with E-state index in [4.69, 9.17) is 5.26 Å². The Hall–Kier alpha value is -1.80. The number of hydrogen-bond acceptors (Lipinski definition) is 2. The Morgan fingerprint density at radius 2 is 1.78 bits per heavy atom. The second kappa shape index (κ2) is 5.69. The summed E-state index contributed by atoms with van der Waals surface area (Å²) in [6.07, 6.45) is 5.79. The van der Waals surface area contributed by atoms with Crippen LogP contribution in [0.3, 0.4) is 0 Å². The van der Waals surface area contributed by atoms with Gasteiger partial charge < -0.3 is 0 Å². The van der Waals surface area contributed by atoms with Crippen molar-refractivity contribution in [3.63, 3.8) is 0 Å². The van der Waals surface area contributed by atoms with Crippen molar-refractivity contribution in [2.24, 2.45) is 5.92 Å². The number of nitriles is 2. The topological polar surface area (TPSA) is 47.6 Å². The fourth-order valence-corrected chi connectivity index (χ4v) is 3.20. The maximum Gasteiger partial charge on any atom is 0.0860 e. The van der Waals surface area contributed by atoms with Crippen LogP contribution < -0.4 is 0 Å². The zero-order valence-corrected chi connectivity index (χ0v) is 10.6. The lowest BCUT2D eigenvalue weighted by Crippen LogP contribution is -2.32. The molecular formula is C16H18N2. The zero-order chi connectivity index (χ0) is 12.8. The first-order valence-corrected chi connectivity index (χ1v) is 6.67. The van der Waals surface area contributed by atoms with Gasteiger partial charge in [0.1, 0.15) is 0 Å². The molecule has 0 aromatic heterocycles. The molecule has 2 nitrogen and oxygen atoms in total. The highest BCUT2D eigenvalue weighted by Gasteiger charge is 2.41. The Morgan fingerprint density at radius 1 is 1.11 bits per heavy atom. The third-order valence-corrected chi connectivity index (χ3v) is 4.17. The molecular weight excluding hydrogens is 220 g/mol. The van der Waals surface area contributed by atoms with E-state index in [1.807, 2.05) is 30.3 Å². The van der Waals surface area contributed by atoms with Gasteiger partial charge in [-0.05, 0) is 30.7 Å². The maximum absolute atomic E-state index is 9.76. The second-order valence-corrected chi connectivity index (χ2v) is 5.09. The molecule has 0 N–H and O–H groups in total. The van der Waals surface area contributed by atoms with Crippen LogP contribution in [0.1, 0.15) is 44.1 Å². The Kier molecular flexibility index (Phi) is 4.00. The number of hydrogen-bond donors (Lipinski definition) is 0. The third kappa shape index (κ3) is 2.24. The van der Waals surface area contributed by atoms with E-state index in [1.54, 1.807) is 0 Å². The van der Waals surface area contributed by atoms with E-state index >= 15 is 0 Å². The Labute approximate surface area is 109 Å². The molecule has 2 rings (SSSR count). The van der Waals surface area contributed by atoms with Crippen LogP contribution in [0.4, 0.5) is 0 Å². The van der Waals surface area contributed by atoms with Crippen molar-refractivity contribution in [1.29, 1.82) is 10.5 Å². The lowest BCUT2D eigenvalue weighted by atomic mass is 9.68. The van der Waals surface area contributed by atoms with Crippen molar-refractivity contribution in [2.75, 3.05) is 0 Å². The molecule has 0 heterocycles. The molecule has 1 aromatic carbocycles. The highest BCUT2D eigenvalue weighted by molar-refractivity contribution is 5.34. The van der Waals surface area contributed by atoms with Crippen molar-refractivity contribution >= 4 is 0 Å². The van der Waals surface area contributed by atoms with Crippen molar-refractivity contribution < 1.29 is 0 Å². The van der Waals surface area contributed by atoms with Gasteiger partial charge in [0.25, 0.3) is 0 Å². The van der Waals surface area contributed by atoms with Gasteiger partial charge in [-0.3, -0.25) is 0 Å². The molecule has 0 radical (unpaired) electrons. The molecule has 0 saturated heterocycles. The fraction of sp³-hybridized carbons (Fsp3) is 0.500. The van der Waals surface area contributed by atoms with E-state index in [9.17, 15) is 5.26 Å². The van der Waals surface area contributed by atoms with Gasteiger partial charge >= 0.3 is 0 Å². The van der Waals surface area contributed by atoms with Crippen LogP contribution in [0.15, 0.2) is 30.3 Å². The Morgan fingerprint density at radius 3 is 2.33 bits per heavy atom. The van der Waals surface area contributed by atoms with Crippen LogP contribution >= 0.6 is 0 Å². The van der Waals surface area contributed by atoms with Gasteiger partial charge in [-0.25, -0.2) is 0 Å². The largest absolute Gasteiger partial charge is 0.198 e. The summed E-state index contributed by atoms with van der Waals surface area (Å²) in [7, 11) is 0. The maximum atomic E-state index is 9.76. The molecule has 92 valence electrons. The van der Waals surface area contributed by atoms with Crippen molar-refractivity contribution in [3.8, 4) is 12.1 Å². The lowest BCUT2D eigenvalue weighted by Gasteiger charge is -2.32. The van der Waals surface area contributed by atoms with Gasteiger partial charge in [-0.1, -0.05) is 43.2 Å². The normalized spacial score (nSPS) is 18.8. The number of benzene rings is 1. The number of rotatable bonds is 4. The van der Waals surface area contributed by atoms with E-state index in [1.165, 1.54) is 12.8 Å².